The summed E-state index contributed by atoms with van der Waals surface area (Å²) in [6.07, 6.45) is 1.87. The minimum Gasteiger partial charge on any atom is -0.352 e. The number of hydrogen-bond acceptors (Lipinski definition) is 4. The summed E-state index contributed by atoms with van der Waals surface area (Å²) >= 11 is 1.78. The van der Waals surface area contributed by atoms with Crippen LogP contribution in [0.4, 0.5) is 5.82 Å². The monoisotopic (exact) mass is 261 g/mol. The van der Waals surface area contributed by atoms with Crippen LogP contribution >= 0.6 is 11.3 Å². The highest BCUT2D eigenvalue weighted by Gasteiger charge is 2.08. The van der Waals surface area contributed by atoms with Crippen molar-refractivity contribution in [2.75, 3.05) is 11.4 Å². The number of anilines is 1. The first kappa shape index (κ1) is 13.1. The molecule has 2 N–H and O–H groups in total. The molecule has 0 aliphatic rings. The van der Waals surface area contributed by atoms with E-state index in [2.05, 4.69) is 46.5 Å². The molecule has 2 aromatic heterocycles. The molecule has 0 fully saturated rings. The summed E-state index contributed by atoms with van der Waals surface area (Å²) in [6.45, 7) is 5.98. The van der Waals surface area contributed by atoms with Gasteiger partial charge in [0.05, 0.1) is 6.54 Å². The van der Waals surface area contributed by atoms with Crippen LogP contribution in [0.1, 0.15) is 30.3 Å². The van der Waals surface area contributed by atoms with Gasteiger partial charge >= 0.3 is 0 Å². The van der Waals surface area contributed by atoms with Gasteiger partial charge in [0, 0.05) is 23.7 Å². The van der Waals surface area contributed by atoms with Gasteiger partial charge in [-0.25, -0.2) is 4.98 Å². The molecular formula is C14H19N3S. The SMILES string of the molecule is CCN(Cc1cccs1)c1ccc(C(C)N)cn1. The lowest BCUT2D eigenvalue weighted by molar-refractivity contribution is 0.795. The molecule has 2 aromatic rings. The zero-order valence-electron chi connectivity index (χ0n) is 10.8. The number of hydrogen-bond donors (Lipinski definition) is 1. The number of aromatic nitrogens is 1. The lowest BCUT2D eigenvalue weighted by Crippen LogP contribution is -2.22. The maximum absolute atomic E-state index is 5.83. The van der Waals surface area contributed by atoms with Crippen LogP contribution in [-0.2, 0) is 6.54 Å². The van der Waals surface area contributed by atoms with Crippen LogP contribution in [0, 0.1) is 0 Å². The maximum Gasteiger partial charge on any atom is 0.128 e. The van der Waals surface area contributed by atoms with E-state index in [1.807, 2.05) is 13.1 Å². The van der Waals surface area contributed by atoms with E-state index in [1.165, 1.54) is 4.88 Å². The van der Waals surface area contributed by atoms with Gasteiger partial charge in [-0.3, -0.25) is 0 Å². The van der Waals surface area contributed by atoms with Gasteiger partial charge in [0.15, 0.2) is 0 Å². The lowest BCUT2D eigenvalue weighted by Gasteiger charge is -2.21. The third-order valence-corrected chi connectivity index (χ3v) is 3.79. The third kappa shape index (κ3) is 3.09. The second kappa shape index (κ2) is 5.98. The van der Waals surface area contributed by atoms with E-state index in [9.17, 15) is 0 Å². The summed E-state index contributed by atoms with van der Waals surface area (Å²) in [4.78, 5) is 8.12. The van der Waals surface area contributed by atoms with Crippen molar-refractivity contribution in [3.8, 4) is 0 Å². The molecule has 0 spiro atoms. The van der Waals surface area contributed by atoms with Crippen LogP contribution in [0.2, 0.25) is 0 Å². The van der Waals surface area contributed by atoms with Gasteiger partial charge in [-0.2, -0.15) is 0 Å². The van der Waals surface area contributed by atoms with Crippen molar-refractivity contribution in [2.24, 2.45) is 5.73 Å². The Labute approximate surface area is 112 Å². The summed E-state index contributed by atoms with van der Waals surface area (Å²) < 4.78 is 0. The highest BCUT2D eigenvalue weighted by Crippen LogP contribution is 2.18. The summed E-state index contributed by atoms with van der Waals surface area (Å²) in [5.74, 6) is 1.01. The Kier molecular flexibility index (Phi) is 4.33. The van der Waals surface area contributed by atoms with E-state index in [-0.39, 0.29) is 6.04 Å². The van der Waals surface area contributed by atoms with Crippen LogP contribution in [0.25, 0.3) is 0 Å². The highest BCUT2D eigenvalue weighted by atomic mass is 32.1. The third-order valence-electron chi connectivity index (χ3n) is 2.93. The van der Waals surface area contributed by atoms with Crippen LogP contribution in [-0.4, -0.2) is 11.5 Å². The van der Waals surface area contributed by atoms with Gasteiger partial charge in [0.2, 0.25) is 0 Å². The van der Waals surface area contributed by atoms with E-state index in [4.69, 9.17) is 5.73 Å². The molecule has 0 radical (unpaired) electrons. The molecule has 0 bridgehead atoms. The second-order valence-electron chi connectivity index (χ2n) is 4.33. The Morgan fingerprint density at radius 3 is 2.72 bits per heavy atom. The van der Waals surface area contributed by atoms with Crippen molar-refractivity contribution in [1.82, 2.24) is 4.98 Å². The van der Waals surface area contributed by atoms with Gasteiger partial charge < -0.3 is 10.6 Å². The van der Waals surface area contributed by atoms with E-state index in [1.54, 1.807) is 11.3 Å². The predicted octanol–water partition coefficient (Wildman–Crippen LogP) is 3.19. The molecule has 0 saturated heterocycles. The Bertz CT molecular complexity index is 462. The molecule has 0 aliphatic heterocycles. The summed E-state index contributed by atoms with van der Waals surface area (Å²) in [5, 5.41) is 2.11. The predicted molar refractivity (Wildman–Crippen MR) is 77.9 cm³/mol. The largest absolute Gasteiger partial charge is 0.352 e. The van der Waals surface area contributed by atoms with Crippen LogP contribution < -0.4 is 10.6 Å². The van der Waals surface area contributed by atoms with Crippen LogP contribution in [0.5, 0.6) is 0 Å². The smallest absolute Gasteiger partial charge is 0.128 e. The Hall–Kier alpha value is -1.39. The molecule has 1 unspecified atom stereocenters. The quantitative estimate of drug-likeness (QED) is 0.898. The molecule has 0 saturated carbocycles. The van der Waals surface area contributed by atoms with Gasteiger partial charge in [0.25, 0.3) is 0 Å². The molecule has 3 nitrogen and oxygen atoms in total. The number of pyridine rings is 1. The molecule has 0 amide bonds. The fourth-order valence-corrected chi connectivity index (χ4v) is 2.52. The fourth-order valence-electron chi connectivity index (χ4n) is 1.80. The van der Waals surface area contributed by atoms with E-state index >= 15 is 0 Å². The van der Waals surface area contributed by atoms with Crippen LogP contribution in [0.15, 0.2) is 35.8 Å². The number of nitrogens with two attached hydrogens (primary N) is 1. The molecule has 2 heterocycles. The number of nitrogens with zero attached hydrogens (tertiary/aromatic N) is 2. The summed E-state index contributed by atoms with van der Waals surface area (Å²) in [5.41, 5.74) is 6.91. The van der Waals surface area contributed by atoms with E-state index < -0.39 is 0 Å². The highest BCUT2D eigenvalue weighted by molar-refractivity contribution is 7.09. The fraction of sp³-hybridized carbons (Fsp3) is 0.357. The van der Waals surface area contributed by atoms with E-state index in [0.717, 1.165) is 24.5 Å². The lowest BCUT2D eigenvalue weighted by atomic mass is 10.1. The van der Waals surface area contributed by atoms with Crippen molar-refractivity contribution in [1.29, 1.82) is 0 Å². The first-order valence-corrected chi connectivity index (χ1v) is 7.07. The average molecular weight is 261 g/mol. The van der Waals surface area contributed by atoms with Gasteiger partial charge in [-0.05, 0) is 36.9 Å². The van der Waals surface area contributed by atoms with Crippen molar-refractivity contribution >= 4 is 17.2 Å². The van der Waals surface area contributed by atoms with Crippen molar-refractivity contribution in [3.05, 3.63) is 46.3 Å². The summed E-state index contributed by atoms with van der Waals surface area (Å²) in [7, 11) is 0. The van der Waals surface area contributed by atoms with Crippen LogP contribution in [0.3, 0.4) is 0 Å². The second-order valence-corrected chi connectivity index (χ2v) is 5.36. The van der Waals surface area contributed by atoms with Gasteiger partial charge in [-0.15, -0.1) is 11.3 Å². The first-order valence-electron chi connectivity index (χ1n) is 6.19. The average Bonchev–Trinajstić information content (AvgIpc) is 2.89. The zero-order valence-corrected chi connectivity index (χ0v) is 11.7. The van der Waals surface area contributed by atoms with Crippen molar-refractivity contribution in [2.45, 2.75) is 26.4 Å². The number of thiophene rings is 1. The zero-order chi connectivity index (χ0) is 13.0. The molecule has 0 aromatic carbocycles. The first-order chi connectivity index (χ1) is 8.70. The van der Waals surface area contributed by atoms with E-state index in [0.29, 0.717) is 0 Å². The van der Waals surface area contributed by atoms with Crippen molar-refractivity contribution in [3.63, 3.8) is 0 Å². The van der Waals surface area contributed by atoms with Crippen molar-refractivity contribution < 1.29 is 0 Å². The summed E-state index contributed by atoms with van der Waals surface area (Å²) in [6, 6.07) is 8.39. The minimum atomic E-state index is 0.0407. The molecule has 1 atom stereocenters. The number of rotatable bonds is 5. The minimum absolute atomic E-state index is 0.0407. The molecule has 4 heteroatoms. The topological polar surface area (TPSA) is 42.1 Å². The molecular weight excluding hydrogens is 242 g/mol. The Morgan fingerprint density at radius 2 is 2.22 bits per heavy atom. The molecule has 0 aliphatic carbocycles. The Morgan fingerprint density at radius 1 is 1.39 bits per heavy atom. The maximum atomic E-state index is 5.83. The Balaban J connectivity index is 2.12. The van der Waals surface area contributed by atoms with Gasteiger partial charge in [-0.1, -0.05) is 12.1 Å². The van der Waals surface area contributed by atoms with Gasteiger partial charge in [0.1, 0.15) is 5.82 Å². The normalized spacial score (nSPS) is 12.4. The molecule has 2 rings (SSSR count). The standard InChI is InChI=1S/C14H19N3S/c1-3-17(10-13-5-4-8-18-13)14-7-6-12(9-16-14)11(2)15/h4-9,11H,3,10,15H2,1-2H3. The molecule has 18 heavy (non-hydrogen) atoms. The molecule has 96 valence electrons.